The summed E-state index contributed by atoms with van der Waals surface area (Å²) in [4.78, 5) is 22.9. The number of aromatic amines is 1. The number of rotatable bonds is 2. The second-order valence-corrected chi connectivity index (χ2v) is 4.32. The lowest BCUT2D eigenvalue weighted by Gasteiger charge is -2.05. The largest absolute Gasteiger partial charge is 0.321 e. The van der Waals surface area contributed by atoms with Crippen molar-refractivity contribution in [1.82, 2.24) is 10.2 Å². The van der Waals surface area contributed by atoms with Crippen LogP contribution in [-0.4, -0.2) is 16.1 Å². The quantitative estimate of drug-likeness (QED) is 0.745. The monoisotopic (exact) mass is 265 g/mol. The average Bonchev–Trinajstić information content (AvgIpc) is 2.48. The molecule has 98 valence electrons. The van der Waals surface area contributed by atoms with Gasteiger partial charge in [-0.1, -0.05) is 30.3 Å². The molecule has 1 aromatic heterocycles. The van der Waals surface area contributed by atoms with Gasteiger partial charge in [0.05, 0.1) is 0 Å². The van der Waals surface area contributed by atoms with Crippen molar-refractivity contribution in [2.45, 2.75) is 0 Å². The van der Waals surface area contributed by atoms with Crippen LogP contribution in [0.3, 0.4) is 0 Å². The van der Waals surface area contributed by atoms with E-state index in [9.17, 15) is 9.59 Å². The van der Waals surface area contributed by atoms with Gasteiger partial charge in [0.2, 0.25) is 0 Å². The van der Waals surface area contributed by atoms with Crippen LogP contribution < -0.4 is 10.9 Å². The fourth-order valence-corrected chi connectivity index (χ4v) is 1.93. The van der Waals surface area contributed by atoms with E-state index < -0.39 is 0 Å². The first-order valence-corrected chi connectivity index (χ1v) is 6.08. The van der Waals surface area contributed by atoms with Crippen molar-refractivity contribution in [3.05, 3.63) is 70.6 Å². The van der Waals surface area contributed by atoms with Crippen LogP contribution in [0.25, 0.3) is 10.8 Å². The number of anilines is 1. The molecule has 0 unspecified atom stereocenters. The molecule has 2 N–H and O–H groups in total. The number of hydrogen-bond acceptors (Lipinski definition) is 3. The minimum Gasteiger partial charge on any atom is -0.321 e. The summed E-state index contributed by atoms with van der Waals surface area (Å²) in [6.45, 7) is 0. The second kappa shape index (κ2) is 4.97. The minimum absolute atomic E-state index is 0.165. The number of nitrogens with one attached hydrogen (secondary N) is 2. The maximum Gasteiger partial charge on any atom is 0.276 e. The molecule has 3 aromatic rings. The van der Waals surface area contributed by atoms with E-state index in [2.05, 4.69) is 15.5 Å². The number of carbonyl (C=O) groups excluding carboxylic acids is 1. The van der Waals surface area contributed by atoms with Gasteiger partial charge in [-0.15, -0.1) is 0 Å². The first-order valence-electron chi connectivity index (χ1n) is 6.08. The third-order valence-corrected chi connectivity index (χ3v) is 2.92. The topological polar surface area (TPSA) is 74.8 Å². The fraction of sp³-hybridized carbons (Fsp3) is 0. The Labute approximate surface area is 114 Å². The van der Waals surface area contributed by atoms with Gasteiger partial charge in [-0.2, -0.15) is 5.10 Å². The lowest BCUT2D eigenvalue weighted by Crippen LogP contribution is -2.17. The summed E-state index contributed by atoms with van der Waals surface area (Å²) in [6, 6.07) is 16.2. The van der Waals surface area contributed by atoms with Gasteiger partial charge < -0.3 is 5.32 Å². The van der Waals surface area contributed by atoms with Crippen molar-refractivity contribution >= 4 is 22.4 Å². The first-order chi connectivity index (χ1) is 9.72. The highest BCUT2D eigenvalue weighted by Gasteiger charge is 2.07. The SMILES string of the molecule is O=C(Nc1ccc2ccccc2c1)c1ccc(=O)[nH]n1. The van der Waals surface area contributed by atoms with Gasteiger partial charge >= 0.3 is 0 Å². The third kappa shape index (κ3) is 2.42. The molecular formula is C15H11N3O2. The number of aromatic nitrogens is 2. The fourth-order valence-electron chi connectivity index (χ4n) is 1.93. The summed E-state index contributed by atoms with van der Waals surface area (Å²) in [6.07, 6.45) is 0. The molecule has 5 nitrogen and oxygen atoms in total. The summed E-state index contributed by atoms with van der Waals surface area (Å²) in [7, 11) is 0. The molecule has 0 aliphatic carbocycles. The van der Waals surface area contributed by atoms with Gasteiger partial charge in [-0.3, -0.25) is 9.59 Å². The lowest BCUT2D eigenvalue weighted by molar-refractivity contribution is 0.102. The van der Waals surface area contributed by atoms with Crippen molar-refractivity contribution in [2.24, 2.45) is 0 Å². The Morgan fingerprint density at radius 2 is 1.80 bits per heavy atom. The molecule has 0 saturated heterocycles. The molecular weight excluding hydrogens is 254 g/mol. The summed E-state index contributed by atoms with van der Waals surface area (Å²) >= 11 is 0. The van der Waals surface area contributed by atoms with Crippen LogP contribution in [0.5, 0.6) is 0 Å². The van der Waals surface area contributed by atoms with Crippen LogP contribution in [-0.2, 0) is 0 Å². The van der Waals surface area contributed by atoms with Crippen LogP contribution >= 0.6 is 0 Å². The Kier molecular flexibility index (Phi) is 3.01. The normalized spacial score (nSPS) is 10.4. The van der Waals surface area contributed by atoms with E-state index in [4.69, 9.17) is 0 Å². The van der Waals surface area contributed by atoms with E-state index in [1.807, 2.05) is 42.5 Å². The van der Waals surface area contributed by atoms with Gasteiger partial charge in [0.25, 0.3) is 11.5 Å². The van der Waals surface area contributed by atoms with Gasteiger partial charge in [-0.05, 0) is 29.0 Å². The molecule has 0 saturated carbocycles. The van der Waals surface area contributed by atoms with Crippen molar-refractivity contribution in [3.8, 4) is 0 Å². The molecule has 0 spiro atoms. The standard InChI is InChI=1S/C15H11N3O2/c19-14-8-7-13(17-18-14)15(20)16-12-6-5-10-3-1-2-4-11(10)9-12/h1-9H,(H,16,20)(H,18,19). The zero-order valence-corrected chi connectivity index (χ0v) is 10.5. The molecule has 0 fully saturated rings. The third-order valence-electron chi connectivity index (χ3n) is 2.92. The van der Waals surface area contributed by atoms with Crippen molar-refractivity contribution in [3.63, 3.8) is 0 Å². The molecule has 0 atom stereocenters. The number of carbonyl (C=O) groups is 1. The number of nitrogens with zero attached hydrogens (tertiary/aromatic N) is 1. The number of amides is 1. The van der Waals surface area contributed by atoms with E-state index in [0.29, 0.717) is 5.69 Å². The molecule has 1 amide bonds. The molecule has 0 aliphatic rings. The Balaban J connectivity index is 1.87. The lowest BCUT2D eigenvalue weighted by atomic mass is 10.1. The number of H-pyrrole nitrogens is 1. The van der Waals surface area contributed by atoms with Crippen LogP contribution in [0.4, 0.5) is 5.69 Å². The molecule has 2 aromatic carbocycles. The molecule has 0 aliphatic heterocycles. The van der Waals surface area contributed by atoms with Gasteiger partial charge in [0.15, 0.2) is 0 Å². The zero-order valence-electron chi connectivity index (χ0n) is 10.5. The molecule has 0 bridgehead atoms. The first kappa shape index (κ1) is 12.1. The summed E-state index contributed by atoms with van der Waals surface area (Å²) in [5.41, 5.74) is 0.506. The predicted octanol–water partition coefficient (Wildman–Crippen LogP) is 2.18. The van der Waals surface area contributed by atoms with E-state index >= 15 is 0 Å². The summed E-state index contributed by atoms with van der Waals surface area (Å²) in [5, 5.41) is 10.8. The molecule has 20 heavy (non-hydrogen) atoms. The highest BCUT2D eigenvalue weighted by atomic mass is 16.2. The van der Waals surface area contributed by atoms with E-state index in [-0.39, 0.29) is 17.2 Å². The Morgan fingerprint density at radius 1 is 1.00 bits per heavy atom. The second-order valence-electron chi connectivity index (χ2n) is 4.32. The predicted molar refractivity (Wildman–Crippen MR) is 76.8 cm³/mol. The van der Waals surface area contributed by atoms with Gasteiger partial charge in [0.1, 0.15) is 5.69 Å². The highest BCUT2D eigenvalue weighted by Crippen LogP contribution is 2.19. The van der Waals surface area contributed by atoms with Crippen LogP contribution in [0.2, 0.25) is 0 Å². The maximum atomic E-state index is 12.0. The smallest absolute Gasteiger partial charge is 0.276 e. The van der Waals surface area contributed by atoms with E-state index in [0.717, 1.165) is 10.8 Å². The number of hydrogen-bond donors (Lipinski definition) is 2. The van der Waals surface area contributed by atoms with Crippen LogP contribution in [0, 0.1) is 0 Å². The van der Waals surface area contributed by atoms with Crippen molar-refractivity contribution < 1.29 is 4.79 Å². The molecule has 0 radical (unpaired) electrons. The Morgan fingerprint density at radius 3 is 2.55 bits per heavy atom. The van der Waals surface area contributed by atoms with Gasteiger partial charge in [-0.25, -0.2) is 5.10 Å². The molecule has 3 rings (SSSR count). The highest BCUT2D eigenvalue weighted by molar-refractivity contribution is 6.03. The average molecular weight is 265 g/mol. The van der Waals surface area contributed by atoms with E-state index in [1.165, 1.54) is 12.1 Å². The number of fused-ring (bicyclic) bond motifs is 1. The Bertz CT molecular complexity index is 819. The summed E-state index contributed by atoms with van der Waals surface area (Å²) in [5.74, 6) is -0.364. The van der Waals surface area contributed by atoms with Crippen molar-refractivity contribution in [2.75, 3.05) is 5.32 Å². The maximum absolute atomic E-state index is 12.0. The van der Waals surface area contributed by atoms with Gasteiger partial charge in [0, 0.05) is 11.8 Å². The zero-order chi connectivity index (χ0) is 13.9. The van der Waals surface area contributed by atoms with Crippen molar-refractivity contribution in [1.29, 1.82) is 0 Å². The van der Waals surface area contributed by atoms with Crippen LogP contribution in [0.15, 0.2) is 59.4 Å². The Hall–Kier alpha value is -2.95. The molecule has 1 heterocycles. The molecule has 5 heteroatoms. The number of benzene rings is 2. The van der Waals surface area contributed by atoms with Crippen LogP contribution in [0.1, 0.15) is 10.5 Å². The minimum atomic E-state index is -0.364. The van der Waals surface area contributed by atoms with E-state index in [1.54, 1.807) is 0 Å². The summed E-state index contributed by atoms with van der Waals surface area (Å²) < 4.78 is 0.